The third-order valence-electron chi connectivity index (χ3n) is 3.74. The molecule has 1 aromatic carbocycles. The normalized spacial score (nSPS) is 17.1. The van der Waals surface area contributed by atoms with Crippen LogP contribution in [0.15, 0.2) is 18.2 Å². The third-order valence-corrected chi connectivity index (χ3v) is 3.74. The lowest BCUT2D eigenvalue weighted by molar-refractivity contribution is -0.124. The van der Waals surface area contributed by atoms with E-state index in [-0.39, 0.29) is 22.9 Å². The van der Waals surface area contributed by atoms with E-state index >= 15 is 0 Å². The summed E-state index contributed by atoms with van der Waals surface area (Å²) in [4.78, 5) is 23.3. The number of carboxylic acids is 1. The minimum atomic E-state index is -1.18. The van der Waals surface area contributed by atoms with Crippen molar-refractivity contribution in [2.45, 2.75) is 32.6 Å². The van der Waals surface area contributed by atoms with Crippen molar-refractivity contribution in [3.63, 3.8) is 0 Å². The number of nitrogens with one attached hydrogen (secondary N) is 1. The van der Waals surface area contributed by atoms with Gasteiger partial charge < -0.3 is 15.5 Å². The molecule has 1 fully saturated rings. The zero-order valence-electron chi connectivity index (χ0n) is 10.8. The van der Waals surface area contributed by atoms with Gasteiger partial charge in [0.05, 0.1) is 11.3 Å². The highest BCUT2D eigenvalue weighted by Gasteiger charge is 2.36. The van der Waals surface area contributed by atoms with Crippen molar-refractivity contribution in [3.05, 3.63) is 23.8 Å². The van der Waals surface area contributed by atoms with Crippen LogP contribution in [0.3, 0.4) is 0 Å². The van der Waals surface area contributed by atoms with Crippen molar-refractivity contribution < 1.29 is 19.8 Å². The molecule has 0 atom stereocenters. The third kappa shape index (κ3) is 2.70. The molecule has 0 aliphatic heterocycles. The number of carbonyl (C=O) groups is 2. The molecule has 1 saturated carbocycles. The molecule has 0 saturated heterocycles. The van der Waals surface area contributed by atoms with Crippen LogP contribution in [0.2, 0.25) is 0 Å². The van der Waals surface area contributed by atoms with Gasteiger partial charge in [0.15, 0.2) is 0 Å². The fourth-order valence-electron chi connectivity index (χ4n) is 2.47. The molecule has 1 aliphatic carbocycles. The Morgan fingerprint density at radius 1 is 1.26 bits per heavy atom. The molecule has 1 aliphatic rings. The fourth-order valence-corrected chi connectivity index (χ4v) is 2.47. The smallest absolute Gasteiger partial charge is 0.337 e. The summed E-state index contributed by atoms with van der Waals surface area (Å²) in [6.45, 7) is 1.90. The Morgan fingerprint density at radius 3 is 2.47 bits per heavy atom. The molecular weight excluding hydrogens is 246 g/mol. The van der Waals surface area contributed by atoms with E-state index in [9.17, 15) is 14.7 Å². The highest BCUT2D eigenvalue weighted by Crippen LogP contribution is 2.38. The van der Waals surface area contributed by atoms with Gasteiger partial charge in [0.2, 0.25) is 5.91 Å². The maximum absolute atomic E-state index is 12.2. The second-order valence-corrected chi connectivity index (χ2v) is 5.26. The summed E-state index contributed by atoms with van der Waals surface area (Å²) >= 11 is 0. The van der Waals surface area contributed by atoms with Crippen LogP contribution >= 0.6 is 0 Å². The van der Waals surface area contributed by atoms with Crippen molar-refractivity contribution in [2.75, 3.05) is 5.32 Å². The summed E-state index contributed by atoms with van der Waals surface area (Å²) in [6.07, 6.45) is 3.68. The number of carbonyl (C=O) groups excluding carboxylic acids is 1. The highest BCUT2D eigenvalue weighted by molar-refractivity contribution is 6.02. The molecule has 2 rings (SSSR count). The molecule has 0 radical (unpaired) electrons. The van der Waals surface area contributed by atoms with E-state index in [1.54, 1.807) is 0 Å². The van der Waals surface area contributed by atoms with Gasteiger partial charge >= 0.3 is 5.97 Å². The Kier molecular flexibility index (Phi) is 3.46. The Balaban J connectivity index is 2.23. The second-order valence-electron chi connectivity index (χ2n) is 5.26. The number of hydrogen-bond acceptors (Lipinski definition) is 3. The topological polar surface area (TPSA) is 86.6 Å². The monoisotopic (exact) mass is 263 g/mol. The van der Waals surface area contributed by atoms with Crippen molar-refractivity contribution in [1.82, 2.24) is 0 Å². The number of aromatic hydroxyl groups is 1. The molecule has 0 aromatic heterocycles. The highest BCUT2D eigenvalue weighted by atomic mass is 16.4. The molecule has 5 heteroatoms. The van der Waals surface area contributed by atoms with Gasteiger partial charge in [-0.2, -0.15) is 0 Å². The fraction of sp³-hybridized carbons (Fsp3) is 0.429. The van der Waals surface area contributed by atoms with E-state index < -0.39 is 11.4 Å². The van der Waals surface area contributed by atoms with Crippen LogP contribution in [0.4, 0.5) is 5.69 Å². The number of hydrogen-bond donors (Lipinski definition) is 3. The first-order valence-electron chi connectivity index (χ1n) is 6.30. The van der Waals surface area contributed by atoms with E-state index in [0.29, 0.717) is 0 Å². The lowest BCUT2D eigenvalue weighted by atomic mass is 9.87. The lowest BCUT2D eigenvalue weighted by Crippen LogP contribution is -2.31. The molecule has 0 heterocycles. The van der Waals surface area contributed by atoms with E-state index in [1.165, 1.54) is 12.1 Å². The number of rotatable bonds is 3. The zero-order chi connectivity index (χ0) is 14.0. The van der Waals surface area contributed by atoms with Gasteiger partial charge in [-0.05, 0) is 31.0 Å². The Morgan fingerprint density at radius 2 is 1.89 bits per heavy atom. The summed E-state index contributed by atoms with van der Waals surface area (Å²) in [5.41, 5.74) is -0.299. The van der Waals surface area contributed by atoms with Crippen LogP contribution in [0, 0.1) is 5.41 Å². The Bertz CT molecular complexity index is 518. The summed E-state index contributed by atoms with van der Waals surface area (Å²) in [5.74, 6) is -1.47. The van der Waals surface area contributed by atoms with Crippen molar-refractivity contribution in [3.8, 4) is 5.75 Å². The SMILES string of the molecule is CC1(C(=O)Nc2ccc(O)cc2C(=O)O)CCCC1. The zero-order valence-corrected chi connectivity index (χ0v) is 10.8. The van der Waals surface area contributed by atoms with Crippen LogP contribution in [0.1, 0.15) is 43.0 Å². The molecule has 1 aromatic rings. The molecule has 3 N–H and O–H groups in total. The maximum atomic E-state index is 12.2. The maximum Gasteiger partial charge on any atom is 0.337 e. The van der Waals surface area contributed by atoms with Gasteiger partial charge in [-0.25, -0.2) is 4.79 Å². The van der Waals surface area contributed by atoms with Crippen molar-refractivity contribution >= 4 is 17.6 Å². The predicted octanol–water partition coefficient (Wildman–Crippen LogP) is 2.61. The average molecular weight is 263 g/mol. The van der Waals surface area contributed by atoms with E-state index in [1.807, 2.05) is 6.92 Å². The summed E-state index contributed by atoms with van der Waals surface area (Å²) in [5, 5.41) is 21.0. The molecule has 102 valence electrons. The van der Waals surface area contributed by atoms with Gasteiger partial charge in [0.1, 0.15) is 5.75 Å². The number of amides is 1. The Hall–Kier alpha value is -2.04. The van der Waals surface area contributed by atoms with Crippen LogP contribution in [-0.4, -0.2) is 22.1 Å². The average Bonchev–Trinajstić information content (AvgIpc) is 2.79. The first-order chi connectivity index (χ1) is 8.92. The minimum Gasteiger partial charge on any atom is -0.508 e. The summed E-state index contributed by atoms with van der Waals surface area (Å²) < 4.78 is 0. The molecule has 1 amide bonds. The number of benzene rings is 1. The van der Waals surface area contributed by atoms with Crippen LogP contribution in [0.5, 0.6) is 5.75 Å². The number of phenols is 1. The van der Waals surface area contributed by atoms with Crippen molar-refractivity contribution in [1.29, 1.82) is 0 Å². The van der Waals surface area contributed by atoms with Gasteiger partial charge in [0.25, 0.3) is 0 Å². The number of aromatic carboxylic acids is 1. The number of anilines is 1. The second kappa shape index (κ2) is 4.91. The Labute approximate surface area is 111 Å². The van der Waals surface area contributed by atoms with Crippen LogP contribution < -0.4 is 5.32 Å². The number of phenolic OH excluding ortho intramolecular Hbond substituents is 1. The van der Waals surface area contributed by atoms with Gasteiger partial charge in [0, 0.05) is 5.41 Å². The van der Waals surface area contributed by atoms with Crippen molar-refractivity contribution in [2.24, 2.45) is 5.41 Å². The predicted molar refractivity (Wildman–Crippen MR) is 70.3 cm³/mol. The number of carboxylic acid groups (broad SMARTS) is 1. The summed E-state index contributed by atoms with van der Waals surface area (Å²) in [7, 11) is 0. The molecule has 0 spiro atoms. The molecular formula is C14H17NO4. The lowest BCUT2D eigenvalue weighted by Gasteiger charge is -2.22. The molecule has 0 unspecified atom stereocenters. The van der Waals surface area contributed by atoms with Gasteiger partial charge in [-0.3, -0.25) is 4.79 Å². The van der Waals surface area contributed by atoms with E-state index in [0.717, 1.165) is 31.7 Å². The van der Waals surface area contributed by atoms with Crippen LogP contribution in [-0.2, 0) is 4.79 Å². The quantitative estimate of drug-likeness (QED) is 0.731. The first-order valence-corrected chi connectivity index (χ1v) is 6.30. The molecule has 5 nitrogen and oxygen atoms in total. The van der Waals surface area contributed by atoms with Gasteiger partial charge in [-0.1, -0.05) is 19.8 Å². The van der Waals surface area contributed by atoms with Crippen LogP contribution in [0.25, 0.3) is 0 Å². The van der Waals surface area contributed by atoms with E-state index in [2.05, 4.69) is 5.32 Å². The molecule has 19 heavy (non-hydrogen) atoms. The van der Waals surface area contributed by atoms with Gasteiger partial charge in [-0.15, -0.1) is 0 Å². The summed E-state index contributed by atoms with van der Waals surface area (Å²) in [6, 6.07) is 3.91. The standard InChI is InChI=1S/C14H17NO4/c1-14(6-2-3-7-14)13(19)15-11-5-4-9(16)8-10(11)12(17)18/h4-5,8,16H,2-3,6-7H2,1H3,(H,15,19)(H,17,18). The molecule has 0 bridgehead atoms. The van der Waals surface area contributed by atoms with E-state index in [4.69, 9.17) is 5.11 Å². The largest absolute Gasteiger partial charge is 0.508 e. The minimum absolute atomic E-state index is 0.102. The first kappa shape index (κ1) is 13.4.